The molecule has 3 heterocycles. The first kappa shape index (κ1) is 16.6. The average Bonchev–Trinajstić information content (AvgIpc) is 3.33. The molecule has 0 spiro atoms. The minimum absolute atomic E-state index is 0.0541. The normalized spacial score (nSPS) is 27.2. The number of carbonyl (C=O) groups excluding carboxylic acids is 3. The molecule has 0 radical (unpaired) electrons. The molecule has 2 aliphatic rings. The zero-order valence-corrected chi connectivity index (χ0v) is 14.5. The number of hydrogen-bond donors (Lipinski definition) is 0. The highest BCUT2D eigenvalue weighted by Gasteiger charge is 2.57. The van der Waals surface area contributed by atoms with Crippen molar-refractivity contribution in [2.75, 3.05) is 0 Å². The van der Waals surface area contributed by atoms with E-state index in [4.69, 9.17) is 13.9 Å². The molecule has 1 aromatic carbocycles. The maximum atomic E-state index is 13.0. The van der Waals surface area contributed by atoms with Crippen molar-refractivity contribution in [1.29, 1.82) is 0 Å². The zero-order valence-electron chi connectivity index (χ0n) is 14.5. The molecule has 1 saturated heterocycles. The van der Waals surface area contributed by atoms with Gasteiger partial charge in [0.1, 0.15) is 24.4 Å². The summed E-state index contributed by atoms with van der Waals surface area (Å²) in [4.78, 5) is 37.8. The second kappa shape index (κ2) is 5.83. The molecule has 0 saturated carbocycles. The summed E-state index contributed by atoms with van der Waals surface area (Å²) in [5, 5.41) is 0. The number of cyclic esters (lactones) is 2. The molecule has 2 aromatic rings. The minimum Gasteiger partial charge on any atom is -0.472 e. The number of hydrogen-bond acceptors (Lipinski definition) is 6. The predicted octanol–water partition coefficient (Wildman–Crippen LogP) is 3.04. The first-order valence-electron chi connectivity index (χ1n) is 8.51. The van der Waals surface area contributed by atoms with Gasteiger partial charge in [-0.25, -0.2) is 4.79 Å². The number of ether oxygens (including phenoxy) is 2. The van der Waals surface area contributed by atoms with Crippen LogP contribution < -0.4 is 0 Å². The summed E-state index contributed by atoms with van der Waals surface area (Å²) in [7, 11) is 0. The van der Waals surface area contributed by atoms with Gasteiger partial charge in [0, 0.05) is 17.9 Å². The summed E-state index contributed by atoms with van der Waals surface area (Å²) in [5.41, 5.74) is 0.989. The summed E-state index contributed by atoms with van der Waals surface area (Å²) in [6, 6.07) is 6.76. The number of benzene rings is 1. The number of Topliss-reactive ketones (excluding diaryl/α,β-unsaturated/α-hetero) is 1. The fraction of sp³-hybridized carbons (Fsp3) is 0.350. The van der Waals surface area contributed by atoms with Crippen LogP contribution in [0.3, 0.4) is 0 Å². The van der Waals surface area contributed by atoms with Gasteiger partial charge in [0.2, 0.25) is 0 Å². The third-order valence-electron chi connectivity index (χ3n) is 5.65. The van der Waals surface area contributed by atoms with E-state index in [0.29, 0.717) is 22.3 Å². The van der Waals surface area contributed by atoms with Crippen molar-refractivity contribution in [3.8, 4) is 0 Å². The van der Waals surface area contributed by atoms with Crippen LogP contribution in [0.5, 0.6) is 0 Å². The summed E-state index contributed by atoms with van der Waals surface area (Å²) in [6.07, 6.45) is 2.40. The summed E-state index contributed by atoms with van der Waals surface area (Å²) in [6.45, 7) is 3.81. The van der Waals surface area contributed by atoms with Crippen LogP contribution in [0.15, 0.2) is 41.2 Å². The molecule has 2 aliphatic heterocycles. The highest BCUT2D eigenvalue weighted by atomic mass is 16.6. The number of ketones is 1. The Kier molecular flexibility index (Phi) is 3.72. The van der Waals surface area contributed by atoms with Crippen LogP contribution in [0.4, 0.5) is 0 Å². The quantitative estimate of drug-likeness (QED) is 0.620. The Morgan fingerprint density at radius 3 is 2.69 bits per heavy atom. The second-order valence-electron chi connectivity index (χ2n) is 6.89. The van der Waals surface area contributed by atoms with Gasteiger partial charge in [-0.15, -0.1) is 0 Å². The SMILES string of the molecule is C[C@@H]1[C@@H](C)OC(=O)[C@@]1(CC(=O)c1ccoc1)c1cccc2c1COC2=O. The molecule has 26 heavy (non-hydrogen) atoms. The predicted molar refractivity (Wildman–Crippen MR) is 89.6 cm³/mol. The van der Waals surface area contributed by atoms with Crippen LogP contribution >= 0.6 is 0 Å². The van der Waals surface area contributed by atoms with Gasteiger partial charge in [-0.2, -0.15) is 0 Å². The van der Waals surface area contributed by atoms with Crippen molar-refractivity contribution >= 4 is 17.7 Å². The Morgan fingerprint density at radius 1 is 1.23 bits per heavy atom. The van der Waals surface area contributed by atoms with E-state index in [1.54, 1.807) is 24.3 Å². The average molecular weight is 354 g/mol. The third-order valence-corrected chi connectivity index (χ3v) is 5.65. The van der Waals surface area contributed by atoms with Crippen molar-refractivity contribution in [2.45, 2.75) is 38.4 Å². The molecule has 3 atom stereocenters. The van der Waals surface area contributed by atoms with Gasteiger partial charge in [0.15, 0.2) is 5.78 Å². The van der Waals surface area contributed by atoms with Gasteiger partial charge in [0.05, 0.1) is 17.4 Å². The Hall–Kier alpha value is -2.89. The van der Waals surface area contributed by atoms with Crippen molar-refractivity contribution in [1.82, 2.24) is 0 Å². The second-order valence-corrected chi connectivity index (χ2v) is 6.89. The molecular weight excluding hydrogens is 336 g/mol. The van der Waals surface area contributed by atoms with E-state index in [-0.39, 0.29) is 30.8 Å². The van der Waals surface area contributed by atoms with E-state index >= 15 is 0 Å². The van der Waals surface area contributed by atoms with E-state index in [1.165, 1.54) is 12.5 Å². The van der Waals surface area contributed by atoms with Crippen molar-refractivity contribution in [3.63, 3.8) is 0 Å². The molecule has 0 amide bonds. The van der Waals surface area contributed by atoms with E-state index in [0.717, 1.165) is 0 Å². The molecule has 6 heteroatoms. The topological polar surface area (TPSA) is 82.8 Å². The van der Waals surface area contributed by atoms with Crippen LogP contribution in [0.25, 0.3) is 0 Å². The molecule has 0 bridgehead atoms. The van der Waals surface area contributed by atoms with Gasteiger partial charge in [-0.3, -0.25) is 9.59 Å². The molecule has 0 unspecified atom stereocenters. The molecular formula is C20H18O6. The minimum atomic E-state index is -1.16. The standard InChI is InChI=1S/C20H18O6/c1-11-12(2)26-19(23)20(11,8-17(21)13-6-7-24-9-13)16-5-3-4-14-15(16)10-25-18(14)22/h3-7,9,11-12H,8,10H2,1-2H3/t11-,12-,20-/m1/s1. The fourth-order valence-corrected chi connectivity index (χ4v) is 3.99. The number of esters is 2. The largest absolute Gasteiger partial charge is 0.472 e. The Morgan fingerprint density at radius 2 is 2.04 bits per heavy atom. The molecule has 6 nitrogen and oxygen atoms in total. The summed E-state index contributed by atoms with van der Waals surface area (Å²) < 4.78 is 15.7. The van der Waals surface area contributed by atoms with Gasteiger partial charge in [-0.1, -0.05) is 19.1 Å². The maximum absolute atomic E-state index is 13.0. The number of carbonyl (C=O) groups is 3. The monoisotopic (exact) mass is 354 g/mol. The lowest BCUT2D eigenvalue weighted by Gasteiger charge is -2.31. The number of fused-ring (bicyclic) bond motifs is 1. The van der Waals surface area contributed by atoms with Crippen LogP contribution in [-0.4, -0.2) is 23.8 Å². The van der Waals surface area contributed by atoms with Crippen molar-refractivity contribution in [3.05, 3.63) is 59.0 Å². The van der Waals surface area contributed by atoms with Crippen LogP contribution in [0.1, 0.15) is 52.1 Å². The molecule has 4 rings (SSSR count). The van der Waals surface area contributed by atoms with Crippen molar-refractivity contribution in [2.24, 2.45) is 5.92 Å². The Labute approximate surface area is 150 Å². The third kappa shape index (κ3) is 2.21. The van der Waals surface area contributed by atoms with Crippen LogP contribution in [-0.2, 0) is 26.3 Å². The summed E-state index contributed by atoms with van der Waals surface area (Å²) in [5.74, 6) is -1.31. The highest BCUT2D eigenvalue weighted by Crippen LogP contribution is 2.48. The maximum Gasteiger partial charge on any atom is 0.338 e. The smallest absolute Gasteiger partial charge is 0.338 e. The van der Waals surface area contributed by atoms with E-state index < -0.39 is 17.4 Å². The first-order chi connectivity index (χ1) is 12.4. The fourth-order valence-electron chi connectivity index (χ4n) is 3.99. The van der Waals surface area contributed by atoms with Crippen LogP contribution in [0.2, 0.25) is 0 Å². The van der Waals surface area contributed by atoms with Gasteiger partial charge < -0.3 is 13.9 Å². The summed E-state index contributed by atoms with van der Waals surface area (Å²) >= 11 is 0. The Bertz CT molecular complexity index is 897. The van der Waals surface area contributed by atoms with Gasteiger partial charge >= 0.3 is 11.9 Å². The zero-order chi connectivity index (χ0) is 18.5. The van der Waals surface area contributed by atoms with Crippen LogP contribution in [0, 0.1) is 5.92 Å². The molecule has 0 N–H and O–H groups in total. The lowest BCUT2D eigenvalue weighted by Crippen LogP contribution is -2.41. The first-order valence-corrected chi connectivity index (χ1v) is 8.51. The van der Waals surface area contributed by atoms with E-state index in [1.807, 2.05) is 13.8 Å². The van der Waals surface area contributed by atoms with E-state index in [9.17, 15) is 14.4 Å². The lowest BCUT2D eigenvalue weighted by molar-refractivity contribution is -0.145. The number of rotatable bonds is 4. The highest BCUT2D eigenvalue weighted by molar-refractivity contribution is 6.02. The molecule has 1 aromatic heterocycles. The van der Waals surface area contributed by atoms with E-state index in [2.05, 4.69) is 0 Å². The molecule has 0 aliphatic carbocycles. The van der Waals surface area contributed by atoms with Gasteiger partial charge in [-0.05, 0) is 24.6 Å². The molecule has 1 fully saturated rings. The Balaban J connectivity index is 1.87. The van der Waals surface area contributed by atoms with Gasteiger partial charge in [0.25, 0.3) is 0 Å². The van der Waals surface area contributed by atoms with Crippen molar-refractivity contribution < 1.29 is 28.3 Å². The molecule has 134 valence electrons. The lowest BCUT2D eigenvalue weighted by atomic mass is 9.66. The number of furan rings is 1.